The van der Waals surface area contributed by atoms with Crippen LogP contribution < -0.4 is 52.7 Å². The Balaban J connectivity index is 0.00000125. The first-order chi connectivity index (χ1) is 32.9. The van der Waals surface area contributed by atoms with Crippen molar-refractivity contribution >= 4 is 61.8 Å². The quantitative estimate of drug-likeness (QED) is 0.0171. The summed E-state index contributed by atoms with van der Waals surface area (Å²) in [5.41, 5.74) is 6.04. The lowest BCUT2D eigenvalue weighted by atomic mass is 10.0. The van der Waals surface area contributed by atoms with Gasteiger partial charge in [-0.1, -0.05) is 120 Å². The molecule has 4 aromatic carbocycles. The fourth-order valence-corrected chi connectivity index (χ4v) is 8.48. The normalized spacial score (nSPS) is 10.9. The number of Topliss-reactive ketones (excluding diaryl/α,β-unsaturated/α-hetero) is 4. The van der Waals surface area contributed by atoms with Gasteiger partial charge in [-0.3, -0.25) is 28.1 Å². The second kappa shape index (κ2) is 37.3. The van der Waals surface area contributed by atoms with Crippen molar-refractivity contribution in [3.63, 3.8) is 0 Å². The van der Waals surface area contributed by atoms with Gasteiger partial charge in [0, 0.05) is 67.1 Å². The average Bonchev–Trinajstić information content (AvgIpc) is 3.35. The number of hydrogen-bond donors (Lipinski definition) is 0. The highest BCUT2D eigenvalue weighted by atomic mass is 79.9. The molecule has 0 radical (unpaired) electrons. The van der Waals surface area contributed by atoms with Crippen molar-refractivity contribution in [1.82, 2.24) is 8.97 Å². The maximum atomic E-state index is 13.0. The Morgan fingerprint density at radius 3 is 0.831 bits per heavy atom. The molecule has 396 valence electrons. The lowest BCUT2D eigenvalue weighted by Crippen LogP contribution is -3.00. The molecule has 4 rings (SSSR count). The average molecular weight is 1170 g/mol. The van der Waals surface area contributed by atoms with E-state index < -0.39 is 23.1 Å². The largest absolute Gasteiger partial charge is 1.00 e. The van der Waals surface area contributed by atoms with E-state index >= 15 is 0 Å². The number of alkyl halides is 1. The number of ketones is 4. The summed E-state index contributed by atoms with van der Waals surface area (Å²) < 4.78 is 1.56. The molecule has 0 unspecified atom stereocenters. The molecule has 8 nitrogen and oxygen atoms in total. The summed E-state index contributed by atoms with van der Waals surface area (Å²) in [6.07, 6.45) is 23.8. The Hall–Kier alpha value is -3.48. The lowest BCUT2D eigenvalue weighted by Gasteiger charge is -2.29. The number of benzene rings is 4. The van der Waals surface area contributed by atoms with Crippen molar-refractivity contribution < 1.29 is 53.1 Å². The molecule has 0 bridgehead atoms. The number of rotatable bonds is 30. The molecule has 0 aliphatic heterocycles. The Labute approximate surface area is 461 Å². The number of nitrogens with zero attached hydrogens (tertiary/aromatic N) is 4. The third kappa shape index (κ3) is 25.3. The van der Waals surface area contributed by atoms with E-state index in [1.165, 1.54) is 121 Å². The first-order valence-electron chi connectivity index (χ1n) is 26.1. The molecule has 71 heavy (non-hydrogen) atoms. The molecular weight excluding hydrogens is 1080 g/mol. The van der Waals surface area contributed by atoms with E-state index in [0.717, 1.165) is 44.8 Å². The van der Waals surface area contributed by atoms with Gasteiger partial charge in [0.2, 0.25) is 23.1 Å². The van der Waals surface area contributed by atoms with Crippen molar-refractivity contribution in [2.45, 2.75) is 136 Å². The first-order valence-corrected chi connectivity index (χ1v) is 27.2. The Kier molecular flexibility index (Phi) is 35.5. The Morgan fingerprint density at radius 2 is 0.592 bits per heavy atom. The zero-order chi connectivity index (χ0) is 51.2. The highest BCUT2D eigenvalue weighted by molar-refractivity contribution is 9.09. The van der Waals surface area contributed by atoms with Crippen molar-refractivity contribution in [2.75, 3.05) is 84.6 Å². The van der Waals surface area contributed by atoms with Crippen LogP contribution in [-0.2, 0) is 0 Å². The van der Waals surface area contributed by atoms with Crippen LogP contribution in [0.3, 0.4) is 0 Å². The second-order valence-corrected chi connectivity index (χ2v) is 20.9. The molecule has 0 saturated heterocycles. The molecule has 11 heteroatoms. The lowest BCUT2D eigenvalue weighted by molar-refractivity contribution is -0.00100. The van der Waals surface area contributed by atoms with Crippen LogP contribution in [0.25, 0.3) is 0 Å². The fraction of sp³-hybridized carbons (Fsp3) is 0.533. The molecular formula is C60H91Br3N4O4. The van der Waals surface area contributed by atoms with Crippen LogP contribution in [0.2, 0.25) is 0 Å². The van der Waals surface area contributed by atoms with Gasteiger partial charge < -0.3 is 43.8 Å². The molecule has 0 atom stereocenters. The number of quaternary nitrogens is 2. The molecule has 0 saturated carbocycles. The summed E-state index contributed by atoms with van der Waals surface area (Å²) >= 11 is 3.42. The van der Waals surface area contributed by atoms with Gasteiger partial charge in [-0.05, 0) is 129 Å². The molecule has 0 spiro atoms. The minimum absolute atomic E-state index is 0. The topological polar surface area (TPSA) is 74.8 Å². The van der Waals surface area contributed by atoms with Crippen LogP contribution in [-0.4, -0.2) is 97.9 Å². The molecule has 0 aliphatic carbocycles. The van der Waals surface area contributed by atoms with Crippen LogP contribution in [0.15, 0.2) is 97.1 Å². The zero-order valence-electron chi connectivity index (χ0n) is 45.6. The highest BCUT2D eigenvalue weighted by Crippen LogP contribution is 2.25. The summed E-state index contributed by atoms with van der Waals surface area (Å²) in [4.78, 5) is 54.4. The summed E-state index contributed by atoms with van der Waals surface area (Å²) in [5, 5.41) is 1.18. The van der Waals surface area contributed by atoms with E-state index in [1.54, 1.807) is 24.3 Å². The molecule has 0 N–H and O–H groups in total. The van der Waals surface area contributed by atoms with Gasteiger partial charge >= 0.3 is 0 Å². The number of carbonyl (C=O) groups is 4. The number of unbranched alkanes of at least 4 members (excludes halogenated alkanes) is 15. The summed E-state index contributed by atoms with van der Waals surface area (Å²) in [5.74, 6) is -1.84. The standard InChI is InChI=1S/C34H54N2O2.C18H20N2O2.C8H17Br.2BrH/c1-7-9-11-13-15-17-27-35(3,4)31-23-19-29(20-24-31)33(37)34(38)30-21-25-32(26-22-30)36(5,6)28-18-16-14-12-10-8-2;1-19(2)15-9-5-13(6-10-15)17(21)18(22)14-7-11-16(12-8-14)20(3)4;1-2-3-4-5-6-7-8-9;;/h19-26H,7-18,27-28H2,1-6H3;5-12H,1-4H3;2-8H2,1H3;2*1H/q+2;;;;/p-2. The zero-order valence-corrected chi connectivity index (χ0v) is 50.4. The van der Waals surface area contributed by atoms with E-state index in [-0.39, 0.29) is 34.0 Å². The van der Waals surface area contributed by atoms with Gasteiger partial charge in [0.05, 0.1) is 41.3 Å². The minimum Gasteiger partial charge on any atom is -1.00 e. The monoisotopic (exact) mass is 1170 g/mol. The maximum absolute atomic E-state index is 13.0. The molecule has 4 aromatic rings. The predicted octanol–water partition coefficient (Wildman–Crippen LogP) is 9.24. The van der Waals surface area contributed by atoms with Crippen molar-refractivity contribution in [3.8, 4) is 0 Å². The first kappa shape index (κ1) is 67.5. The van der Waals surface area contributed by atoms with Crippen LogP contribution in [0.1, 0.15) is 178 Å². The second-order valence-electron chi connectivity index (χ2n) is 20.1. The number of hydrogen-bond acceptors (Lipinski definition) is 6. The summed E-state index contributed by atoms with van der Waals surface area (Å²) in [7, 11) is 16.5. The molecule has 0 fully saturated rings. The van der Waals surface area contributed by atoms with Crippen molar-refractivity contribution in [2.24, 2.45) is 0 Å². The van der Waals surface area contributed by atoms with Gasteiger partial charge in [-0.25, -0.2) is 0 Å². The summed E-state index contributed by atoms with van der Waals surface area (Å²) in [6.45, 7) is 8.88. The highest BCUT2D eigenvalue weighted by Gasteiger charge is 2.24. The number of halogens is 3. The fourth-order valence-electron chi connectivity index (χ4n) is 8.09. The van der Waals surface area contributed by atoms with Gasteiger partial charge in [0.1, 0.15) is 11.4 Å². The number of carbonyl (C=O) groups excluding carboxylic acids is 4. The number of anilines is 2. The van der Waals surface area contributed by atoms with Crippen molar-refractivity contribution in [1.29, 1.82) is 0 Å². The van der Waals surface area contributed by atoms with Gasteiger partial charge in [0.25, 0.3) is 0 Å². The predicted molar refractivity (Wildman–Crippen MR) is 303 cm³/mol. The van der Waals surface area contributed by atoms with Crippen LogP contribution >= 0.6 is 15.9 Å². The van der Waals surface area contributed by atoms with Gasteiger partial charge in [-0.2, -0.15) is 0 Å². The summed E-state index contributed by atoms with van der Waals surface area (Å²) in [6, 6.07) is 29.3. The van der Waals surface area contributed by atoms with Crippen molar-refractivity contribution in [3.05, 3.63) is 119 Å². The van der Waals surface area contributed by atoms with Gasteiger partial charge in [0.15, 0.2) is 0 Å². The molecule has 0 amide bonds. The minimum atomic E-state index is -0.483. The van der Waals surface area contributed by atoms with E-state index in [1.807, 2.05) is 111 Å². The Morgan fingerprint density at radius 1 is 0.366 bits per heavy atom. The molecule has 0 heterocycles. The van der Waals surface area contributed by atoms with E-state index in [4.69, 9.17) is 0 Å². The van der Waals surface area contributed by atoms with Crippen LogP contribution in [0.5, 0.6) is 0 Å². The Bertz CT molecular complexity index is 1920. The van der Waals surface area contributed by atoms with Crippen LogP contribution in [0, 0.1) is 0 Å². The smallest absolute Gasteiger partial charge is 0.233 e. The molecule has 0 aliphatic rings. The maximum Gasteiger partial charge on any atom is 0.233 e. The van der Waals surface area contributed by atoms with E-state index in [0.29, 0.717) is 22.3 Å². The van der Waals surface area contributed by atoms with E-state index in [9.17, 15) is 19.2 Å². The van der Waals surface area contributed by atoms with Gasteiger partial charge in [-0.15, -0.1) is 0 Å². The van der Waals surface area contributed by atoms with Crippen LogP contribution in [0.4, 0.5) is 22.7 Å². The van der Waals surface area contributed by atoms with E-state index in [2.05, 4.69) is 64.9 Å². The third-order valence-corrected chi connectivity index (χ3v) is 13.6. The SMILES string of the molecule is CCCCCCCCBr.CCCCCCCC[N+](C)(C)c1ccc(C(=O)C(=O)c2ccc([N+](C)(C)CCCCCCCC)cc2)cc1.CN(C)c1ccc(C(=O)C(=O)c2ccc(N(C)C)cc2)cc1.[Br-].[Br-]. The third-order valence-electron chi connectivity index (χ3n) is 13.0. The molecule has 0 aromatic heterocycles.